The molecule has 116 valence electrons. The van der Waals surface area contributed by atoms with Crippen LogP contribution in [0.4, 0.5) is 0 Å². The van der Waals surface area contributed by atoms with E-state index in [0.29, 0.717) is 26.0 Å². The molecular weight excluding hydrogens is 270 g/mol. The van der Waals surface area contributed by atoms with E-state index in [2.05, 4.69) is 5.32 Å². The Bertz CT molecular complexity index is 491. The Labute approximate surface area is 125 Å². The molecule has 1 aliphatic rings. The summed E-state index contributed by atoms with van der Waals surface area (Å²) in [4.78, 5) is 11.5. The summed E-state index contributed by atoms with van der Waals surface area (Å²) in [6, 6.07) is 7.48. The smallest absolute Gasteiger partial charge is 0.324 e. The van der Waals surface area contributed by atoms with E-state index in [1.165, 1.54) is 0 Å². The van der Waals surface area contributed by atoms with Gasteiger partial charge in [-0.05, 0) is 38.4 Å². The van der Waals surface area contributed by atoms with Crippen LogP contribution < -0.4 is 14.8 Å². The van der Waals surface area contributed by atoms with Crippen molar-refractivity contribution in [2.75, 3.05) is 13.2 Å². The number of benzene rings is 1. The largest absolute Gasteiger partial charge is 0.494 e. The lowest BCUT2D eigenvalue weighted by Crippen LogP contribution is -2.50. The maximum Gasteiger partial charge on any atom is 0.324 e. The Morgan fingerprint density at radius 3 is 2.86 bits per heavy atom. The number of carboxylic acids is 1. The number of aliphatic carboxylic acids is 1. The van der Waals surface area contributed by atoms with Crippen LogP contribution in [-0.4, -0.2) is 35.9 Å². The molecule has 5 nitrogen and oxygen atoms in total. The molecule has 1 aromatic carbocycles. The maximum absolute atomic E-state index is 11.5. The number of hydrogen-bond donors (Lipinski definition) is 2. The van der Waals surface area contributed by atoms with Gasteiger partial charge in [0, 0.05) is 12.5 Å². The number of ether oxygens (including phenoxy) is 2. The van der Waals surface area contributed by atoms with Crippen molar-refractivity contribution in [1.82, 2.24) is 5.32 Å². The van der Waals surface area contributed by atoms with Crippen molar-refractivity contribution < 1.29 is 19.4 Å². The van der Waals surface area contributed by atoms with E-state index < -0.39 is 11.5 Å². The Balaban J connectivity index is 2.01. The molecule has 0 bridgehead atoms. The minimum Gasteiger partial charge on any atom is -0.494 e. The predicted octanol–water partition coefficient (Wildman–Crippen LogP) is 2.45. The fourth-order valence-corrected chi connectivity index (χ4v) is 2.87. The van der Waals surface area contributed by atoms with Gasteiger partial charge < -0.3 is 19.9 Å². The van der Waals surface area contributed by atoms with E-state index in [0.717, 1.165) is 17.9 Å². The molecule has 1 aliphatic carbocycles. The van der Waals surface area contributed by atoms with Crippen LogP contribution >= 0.6 is 0 Å². The van der Waals surface area contributed by atoms with Gasteiger partial charge >= 0.3 is 5.97 Å². The van der Waals surface area contributed by atoms with Gasteiger partial charge in [0.1, 0.15) is 23.1 Å². The molecule has 0 aromatic heterocycles. The zero-order valence-corrected chi connectivity index (χ0v) is 12.6. The molecule has 0 heterocycles. The molecule has 5 heteroatoms. The standard InChI is InChI=1S/C16H23NO4/c1-3-17-16(15(18)19)9-8-14(11-16)21-13-7-5-6-12(10-13)20-4-2/h5-7,10,14,17H,3-4,8-9,11H2,1-2H3,(H,18,19). The zero-order chi connectivity index (χ0) is 15.3. The minimum atomic E-state index is -0.850. The van der Waals surface area contributed by atoms with E-state index in [1.807, 2.05) is 38.1 Å². The van der Waals surface area contributed by atoms with Crippen LogP contribution in [0.25, 0.3) is 0 Å². The Morgan fingerprint density at radius 2 is 2.19 bits per heavy atom. The highest BCUT2D eigenvalue weighted by Crippen LogP contribution is 2.33. The Hall–Kier alpha value is -1.75. The fourth-order valence-electron chi connectivity index (χ4n) is 2.87. The second-order valence-corrected chi connectivity index (χ2v) is 5.31. The van der Waals surface area contributed by atoms with Gasteiger partial charge in [0.25, 0.3) is 0 Å². The van der Waals surface area contributed by atoms with Crippen molar-refractivity contribution in [3.8, 4) is 11.5 Å². The molecule has 0 amide bonds. The molecule has 2 unspecified atom stereocenters. The number of nitrogens with one attached hydrogen (secondary N) is 1. The van der Waals surface area contributed by atoms with Crippen molar-refractivity contribution in [2.24, 2.45) is 0 Å². The molecule has 0 saturated heterocycles. The molecule has 0 spiro atoms. The first-order valence-corrected chi connectivity index (χ1v) is 7.47. The normalized spacial score (nSPS) is 24.8. The first-order valence-electron chi connectivity index (χ1n) is 7.47. The summed E-state index contributed by atoms with van der Waals surface area (Å²) in [5.41, 5.74) is -0.850. The quantitative estimate of drug-likeness (QED) is 0.808. The van der Waals surface area contributed by atoms with Crippen LogP contribution in [0.5, 0.6) is 11.5 Å². The highest BCUT2D eigenvalue weighted by atomic mass is 16.5. The van der Waals surface area contributed by atoms with Crippen molar-refractivity contribution in [2.45, 2.75) is 44.8 Å². The lowest BCUT2D eigenvalue weighted by molar-refractivity contribution is -0.144. The third-order valence-electron chi connectivity index (χ3n) is 3.81. The van der Waals surface area contributed by atoms with Gasteiger partial charge in [-0.3, -0.25) is 4.79 Å². The highest BCUT2D eigenvalue weighted by molar-refractivity contribution is 5.79. The van der Waals surface area contributed by atoms with Crippen molar-refractivity contribution >= 4 is 5.97 Å². The molecule has 1 fully saturated rings. The van der Waals surface area contributed by atoms with Crippen molar-refractivity contribution in [3.63, 3.8) is 0 Å². The SMILES string of the molecule is CCNC1(C(=O)O)CCC(Oc2cccc(OCC)c2)C1. The maximum atomic E-state index is 11.5. The highest BCUT2D eigenvalue weighted by Gasteiger charge is 2.45. The van der Waals surface area contributed by atoms with E-state index in [4.69, 9.17) is 9.47 Å². The second-order valence-electron chi connectivity index (χ2n) is 5.31. The van der Waals surface area contributed by atoms with Crippen LogP contribution in [0.15, 0.2) is 24.3 Å². The van der Waals surface area contributed by atoms with Gasteiger partial charge in [0.15, 0.2) is 0 Å². The van der Waals surface area contributed by atoms with Crippen molar-refractivity contribution in [1.29, 1.82) is 0 Å². The molecule has 1 saturated carbocycles. The van der Waals surface area contributed by atoms with E-state index in [9.17, 15) is 9.90 Å². The molecule has 2 N–H and O–H groups in total. The Kier molecular flexibility index (Phi) is 5.07. The predicted molar refractivity (Wildman–Crippen MR) is 79.9 cm³/mol. The monoisotopic (exact) mass is 293 g/mol. The summed E-state index contributed by atoms with van der Waals surface area (Å²) >= 11 is 0. The summed E-state index contributed by atoms with van der Waals surface area (Å²) in [5.74, 6) is 0.700. The molecular formula is C16H23NO4. The van der Waals surface area contributed by atoms with Gasteiger partial charge in [-0.25, -0.2) is 0 Å². The van der Waals surface area contributed by atoms with E-state index in [1.54, 1.807) is 0 Å². The summed E-state index contributed by atoms with van der Waals surface area (Å²) in [7, 11) is 0. The van der Waals surface area contributed by atoms with Gasteiger partial charge in [-0.1, -0.05) is 13.0 Å². The van der Waals surface area contributed by atoms with Crippen LogP contribution in [0, 0.1) is 0 Å². The first-order chi connectivity index (χ1) is 10.1. The van der Waals surface area contributed by atoms with Crippen LogP contribution in [0.1, 0.15) is 33.1 Å². The molecule has 21 heavy (non-hydrogen) atoms. The fraction of sp³-hybridized carbons (Fsp3) is 0.562. The number of carbonyl (C=O) groups is 1. The lowest BCUT2D eigenvalue weighted by atomic mass is 9.98. The van der Waals surface area contributed by atoms with Crippen LogP contribution in [-0.2, 0) is 4.79 Å². The average Bonchev–Trinajstić information content (AvgIpc) is 2.84. The summed E-state index contributed by atoms with van der Waals surface area (Å²) < 4.78 is 11.4. The summed E-state index contributed by atoms with van der Waals surface area (Å²) in [5, 5.41) is 12.6. The van der Waals surface area contributed by atoms with E-state index in [-0.39, 0.29) is 6.10 Å². The topological polar surface area (TPSA) is 67.8 Å². The average molecular weight is 293 g/mol. The zero-order valence-electron chi connectivity index (χ0n) is 12.6. The summed E-state index contributed by atoms with van der Waals surface area (Å²) in [6.45, 7) is 5.10. The van der Waals surface area contributed by atoms with Crippen molar-refractivity contribution in [3.05, 3.63) is 24.3 Å². The third-order valence-corrected chi connectivity index (χ3v) is 3.81. The second kappa shape index (κ2) is 6.80. The number of carboxylic acid groups (broad SMARTS) is 1. The minimum absolute atomic E-state index is 0.0861. The third kappa shape index (κ3) is 3.67. The molecule has 0 aliphatic heterocycles. The number of likely N-dealkylation sites (N-methyl/N-ethyl adjacent to an activating group) is 1. The van der Waals surface area contributed by atoms with Gasteiger partial charge in [0.05, 0.1) is 6.61 Å². The first kappa shape index (κ1) is 15.6. The Morgan fingerprint density at radius 1 is 1.43 bits per heavy atom. The lowest BCUT2D eigenvalue weighted by Gasteiger charge is -2.25. The molecule has 1 aromatic rings. The molecule has 0 radical (unpaired) electrons. The van der Waals surface area contributed by atoms with Gasteiger partial charge in [-0.2, -0.15) is 0 Å². The number of hydrogen-bond acceptors (Lipinski definition) is 4. The van der Waals surface area contributed by atoms with E-state index >= 15 is 0 Å². The molecule has 2 rings (SSSR count). The summed E-state index contributed by atoms with van der Waals surface area (Å²) in [6.07, 6.45) is 1.72. The van der Waals surface area contributed by atoms with Crippen LogP contribution in [0.2, 0.25) is 0 Å². The van der Waals surface area contributed by atoms with Gasteiger partial charge in [-0.15, -0.1) is 0 Å². The molecule has 2 atom stereocenters. The van der Waals surface area contributed by atoms with Gasteiger partial charge in [0.2, 0.25) is 0 Å². The number of rotatable bonds is 7. The van der Waals surface area contributed by atoms with Crippen LogP contribution in [0.3, 0.4) is 0 Å².